The molecule has 1 aromatic carbocycles. The Bertz CT molecular complexity index is 409. The quantitative estimate of drug-likeness (QED) is 0.675. The van der Waals surface area contributed by atoms with Crippen LogP contribution in [0, 0.1) is 0 Å². The average molecular weight is 188 g/mol. The van der Waals surface area contributed by atoms with Crippen LogP contribution in [0.5, 0.6) is 5.75 Å². The number of fused-ring (bicyclic) bond motifs is 5. The lowest BCUT2D eigenvalue weighted by Gasteiger charge is -2.15. The molecule has 0 spiro atoms. The minimum absolute atomic E-state index is 0.131. The molecular formula is C12H12O2. The lowest BCUT2D eigenvalue weighted by Crippen LogP contribution is -2.01. The molecule has 3 rings (SSSR count). The van der Waals surface area contributed by atoms with E-state index in [0.29, 0.717) is 5.78 Å². The maximum absolute atomic E-state index is 11.8. The lowest BCUT2D eigenvalue weighted by molar-refractivity contribution is -0.119. The fraction of sp³-hybridized carbons (Fsp3) is 0.417. The number of carbonyl (C=O) groups is 1. The van der Waals surface area contributed by atoms with E-state index in [2.05, 4.69) is 6.07 Å². The smallest absolute Gasteiger partial charge is 0.147 e. The van der Waals surface area contributed by atoms with Crippen molar-refractivity contribution in [3.8, 4) is 5.75 Å². The van der Waals surface area contributed by atoms with Gasteiger partial charge in [-0.1, -0.05) is 12.1 Å². The molecule has 2 bridgehead atoms. The number of carbonyl (C=O) groups excluding carboxylic acids is 1. The topological polar surface area (TPSA) is 26.3 Å². The van der Waals surface area contributed by atoms with Crippen molar-refractivity contribution in [2.75, 3.05) is 7.11 Å². The van der Waals surface area contributed by atoms with E-state index in [9.17, 15) is 4.79 Å². The van der Waals surface area contributed by atoms with Gasteiger partial charge in [-0.2, -0.15) is 0 Å². The average Bonchev–Trinajstić information content (AvgIpc) is 2.72. The van der Waals surface area contributed by atoms with Gasteiger partial charge in [0.15, 0.2) is 0 Å². The summed E-state index contributed by atoms with van der Waals surface area (Å²) in [6, 6.07) is 6.00. The van der Waals surface area contributed by atoms with Crippen LogP contribution in [0.3, 0.4) is 0 Å². The Balaban J connectivity index is 2.24. The second kappa shape index (κ2) is 2.59. The summed E-state index contributed by atoms with van der Waals surface area (Å²) < 4.78 is 5.31. The number of hydrogen-bond donors (Lipinski definition) is 0. The first kappa shape index (κ1) is 8.04. The van der Waals surface area contributed by atoms with Gasteiger partial charge in [0.25, 0.3) is 0 Å². The molecule has 2 aliphatic rings. The largest absolute Gasteiger partial charge is 0.496 e. The zero-order valence-corrected chi connectivity index (χ0v) is 8.12. The van der Waals surface area contributed by atoms with E-state index in [1.54, 1.807) is 7.11 Å². The molecule has 2 nitrogen and oxygen atoms in total. The van der Waals surface area contributed by atoms with Gasteiger partial charge in [-0.25, -0.2) is 0 Å². The number of rotatable bonds is 1. The van der Waals surface area contributed by atoms with Crippen molar-refractivity contribution in [1.29, 1.82) is 0 Å². The van der Waals surface area contributed by atoms with Gasteiger partial charge in [-0.05, 0) is 24.5 Å². The molecule has 0 heterocycles. The predicted octanol–water partition coefficient (Wildman–Crippen LogP) is 2.24. The maximum Gasteiger partial charge on any atom is 0.147 e. The fourth-order valence-electron chi connectivity index (χ4n) is 2.87. The number of methoxy groups -OCH3 is 1. The molecule has 2 heteroatoms. The van der Waals surface area contributed by atoms with Gasteiger partial charge in [0.2, 0.25) is 0 Å². The summed E-state index contributed by atoms with van der Waals surface area (Å²) in [5.74, 6) is 1.60. The highest BCUT2D eigenvalue weighted by Crippen LogP contribution is 2.53. The molecule has 0 unspecified atom stereocenters. The molecule has 0 aliphatic heterocycles. The monoisotopic (exact) mass is 188 g/mol. The Morgan fingerprint density at radius 2 is 2.07 bits per heavy atom. The minimum atomic E-state index is 0.131. The number of ketones is 1. The molecular weight excluding hydrogens is 176 g/mol. The number of benzene rings is 1. The minimum Gasteiger partial charge on any atom is -0.496 e. The Labute approximate surface area is 82.9 Å². The summed E-state index contributed by atoms with van der Waals surface area (Å²) in [5.41, 5.74) is 2.38. The maximum atomic E-state index is 11.8. The van der Waals surface area contributed by atoms with Crippen LogP contribution in [0.1, 0.15) is 35.8 Å². The number of ether oxygens (including phenoxy) is 1. The Morgan fingerprint density at radius 3 is 2.86 bits per heavy atom. The lowest BCUT2D eigenvalue weighted by atomic mass is 9.91. The van der Waals surface area contributed by atoms with E-state index in [1.165, 1.54) is 5.56 Å². The second-order valence-electron chi connectivity index (χ2n) is 4.05. The summed E-state index contributed by atoms with van der Waals surface area (Å²) >= 11 is 0. The molecule has 0 N–H and O–H groups in total. The molecule has 1 fully saturated rings. The summed E-state index contributed by atoms with van der Waals surface area (Å²) in [5, 5.41) is 0. The normalized spacial score (nSPS) is 27.9. The first-order valence-corrected chi connectivity index (χ1v) is 5.03. The molecule has 0 radical (unpaired) electrons. The third-order valence-electron chi connectivity index (χ3n) is 3.47. The Morgan fingerprint density at radius 1 is 1.29 bits per heavy atom. The Hall–Kier alpha value is -1.31. The fourth-order valence-corrected chi connectivity index (χ4v) is 2.87. The highest BCUT2D eigenvalue weighted by molar-refractivity contribution is 5.99. The second-order valence-corrected chi connectivity index (χ2v) is 4.05. The summed E-state index contributed by atoms with van der Waals surface area (Å²) in [7, 11) is 1.67. The van der Waals surface area contributed by atoms with Crippen LogP contribution in [0.25, 0.3) is 0 Å². The zero-order chi connectivity index (χ0) is 9.71. The van der Waals surface area contributed by atoms with E-state index < -0.39 is 0 Å². The van der Waals surface area contributed by atoms with Crippen LogP contribution in [-0.2, 0) is 4.79 Å². The molecule has 2 aliphatic carbocycles. The van der Waals surface area contributed by atoms with E-state index in [0.717, 1.165) is 24.2 Å². The van der Waals surface area contributed by atoms with E-state index in [1.807, 2.05) is 12.1 Å². The molecule has 0 aromatic heterocycles. The molecule has 0 amide bonds. The van der Waals surface area contributed by atoms with E-state index >= 15 is 0 Å². The highest BCUT2D eigenvalue weighted by Gasteiger charge is 2.46. The number of Topliss-reactive ketones (excluding diaryl/α,β-unsaturated/α-hetero) is 1. The standard InChI is InChI=1S/C12H12O2/c1-14-10-4-2-3-7-8-5-6-9(11(7)10)12(8)13/h2-4,8-9H,5-6H2,1H3/t8-,9-/m1/s1. The van der Waals surface area contributed by atoms with Gasteiger partial charge >= 0.3 is 0 Å². The predicted molar refractivity (Wildman–Crippen MR) is 52.7 cm³/mol. The molecule has 2 atom stereocenters. The van der Waals surface area contributed by atoms with Crippen molar-refractivity contribution >= 4 is 5.78 Å². The Kier molecular flexibility index (Phi) is 1.49. The van der Waals surface area contributed by atoms with Gasteiger partial charge in [0.05, 0.1) is 7.11 Å². The van der Waals surface area contributed by atoms with Gasteiger partial charge in [0.1, 0.15) is 11.5 Å². The first-order valence-electron chi connectivity index (χ1n) is 5.03. The van der Waals surface area contributed by atoms with Crippen LogP contribution < -0.4 is 4.74 Å². The molecule has 14 heavy (non-hydrogen) atoms. The molecule has 1 aromatic rings. The first-order chi connectivity index (χ1) is 6.83. The molecule has 1 saturated carbocycles. The number of hydrogen-bond acceptors (Lipinski definition) is 2. The third-order valence-corrected chi connectivity index (χ3v) is 3.47. The van der Waals surface area contributed by atoms with E-state index in [-0.39, 0.29) is 11.8 Å². The van der Waals surface area contributed by atoms with Crippen LogP contribution in [0.4, 0.5) is 0 Å². The van der Waals surface area contributed by atoms with Crippen molar-refractivity contribution in [1.82, 2.24) is 0 Å². The van der Waals surface area contributed by atoms with Crippen LogP contribution >= 0.6 is 0 Å². The van der Waals surface area contributed by atoms with Crippen molar-refractivity contribution in [2.45, 2.75) is 24.7 Å². The zero-order valence-electron chi connectivity index (χ0n) is 8.12. The SMILES string of the molecule is COc1cccc2c1[C@H]1CC[C@H]2C1=O. The van der Waals surface area contributed by atoms with Gasteiger partial charge in [-0.3, -0.25) is 4.79 Å². The highest BCUT2D eigenvalue weighted by atomic mass is 16.5. The summed E-state index contributed by atoms with van der Waals surface area (Å²) in [4.78, 5) is 11.8. The van der Waals surface area contributed by atoms with Crippen molar-refractivity contribution in [3.05, 3.63) is 29.3 Å². The van der Waals surface area contributed by atoms with Crippen molar-refractivity contribution < 1.29 is 9.53 Å². The molecule has 0 saturated heterocycles. The van der Waals surface area contributed by atoms with Crippen LogP contribution in [-0.4, -0.2) is 12.9 Å². The van der Waals surface area contributed by atoms with Crippen LogP contribution in [0.15, 0.2) is 18.2 Å². The van der Waals surface area contributed by atoms with Gasteiger partial charge in [0, 0.05) is 17.4 Å². The van der Waals surface area contributed by atoms with Gasteiger partial charge < -0.3 is 4.74 Å². The van der Waals surface area contributed by atoms with Crippen LogP contribution in [0.2, 0.25) is 0 Å². The van der Waals surface area contributed by atoms with Crippen molar-refractivity contribution in [2.24, 2.45) is 0 Å². The van der Waals surface area contributed by atoms with Gasteiger partial charge in [-0.15, -0.1) is 0 Å². The van der Waals surface area contributed by atoms with Crippen molar-refractivity contribution in [3.63, 3.8) is 0 Å². The summed E-state index contributed by atoms with van der Waals surface area (Å²) in [6.07, 6.45) is 2.04. The summed E-state index contributed by atoms with van der Waals surface area (Å²) in [6.45, 7) is 0. The molecule has 72 valence electrons. The van der Waals surface area contributed by atoms with E-state index in [4.69, 9.17) is 4.74 Å². The third kappa shape index (κ3) is 0.788.